The molecule has 6 heteroatoms. The van der Waals surface area contributed by atoms with Gasteiger partial charge in [-0.25, -0.2) is 4.79 Å². The van der Waals surface area contributed by atoms with Crippen LogP contribution in [0.1, 0.15) is 25.8 Å². The van der Waals surface area contributed by atoms with Gasteiger partial charge < -0.3 is 9.84 Å². The van der Waals surface area contributed by atoms with Gasteiger partial charge in [0, 0.05) is 19.8 Å². The van der Waals surface area contributed by atoms with Crippen LogP contribution in [0.4, 0.5) is 0 Å². The van der Waals surface area contributed by atoms with Crippen molar-refractivity contribution < 1.29 is 9.84 Å². The van der Waals surface area contributed by atoms with Crippen LogP contribution in [0, 0.1) is 0 Å². The van der Waals surface area contributed by atoms with Gasteiger partial charge >= 0.3 is 5.69 Å². The predicted molar refractivity (Wildman–Crippen MR) is 63.5 cm³/mol. The molecule has 1 aromatic rings. The van der Waals surface area contributed by atoms with E-state index in [1.165, 1.54) is 4.57 Å². The molecule has 0 aliphatic rings. The van der Waals surface area contributed by atoms with Gasteiger partial charge in [0.25, 0.3) is 5.56 Å². The summed E-state index contributed by atoms with van der Waals surface area (Å²) in [5, 5.41) is 9.81. The number of aromatic hydroxyl groups is 1. The molecule has 96 valence electrons. The third kappa shape index (κ3) is 3.20. The highest BCUT2D eigenvalue weighted by molar-refractivity contribution is 5.22. The van der Waals surface area contributed by atoms with Crippen molar-refractivity contribution in [2.75, 3.05) is 13.2 Å². The fraction of sp³-hybridized carbons (Fsp3) is 0.636. The van der Waals surface area contributed by atoms with Gasteiger partial charge in [0.05, 0.1) is 5.56 Å². The molecule has 2 N–H and O–H groups in total. The minimum Gasteiger partial charge on any atom is -0.494 e. The van der Waals surface area contributed by atoms with E-state index in [2.05, 4.69) is 4.98 Å². The van der Waals surface area contributed by atoms with Crippen LogP contribution in [-0.4, -0.2) is 27.9 Å². The molecule has 1 heterocycles. The summed E-state index contributed by atoms with van der Waals surface area (Å²) in [4.78, 5) is 25.1. The van der Waals surface area contributed by atoms with Crippen molar-refractivity contribution in [1.82, 2.24) is 9.55 Å². The third-order valence-corrected chi connectivity index (χ3v) is 2.49. The number of nitrogens with one attached hydrogen (secondary N) is 1. The Hall–Kier alpha value is -1.56. The molecule has 0 amide bonds. The van der Waals surface area contributed by atoms with Crippen LogP contribution in [0.2, 0.25) is 0 Å². The summed E-state index contributed by atoms with van der Waals surface area (Å²) in [5.41, 5.74) is -0.863. The van der Waals surface area contributed by atoms with Gasteiger partial charge in [0.2, 0.25) is 5.88 Å². The summed E-state index contributed by atoms with van der Waals surface area (Å²) in [7, 11) is 0. The van der Waals surface area contributed by atoms with E-state index in [1.54, 1.807) is 6.92 Å². The predicted octanol–water partition coefficient (Wildman–Crippen LogP) is 0.231. The van der Waals surface area contributed by atoms with E-state index in [4.69, 9.17) is 4.74 Å². The molecular formula is C11H18N2O4. The van der Waals surface area contributed by atoms with Gasteiger partial charge in [-0.1, -0.05) is 6.92 Å². The van der Waals surface area contributed by atoms with Crippen molar-refractivity contribution in [3.05, 3.63) is 26.4 Å². The Morgan fingerprint density at radius 2 is 2.06 bits per heavy atom. The highest BCUT2D eigenvalue weighted by Crippen LogP contribution is 2.10. The molecule has 6 nitrogen and oxygen atoms in total. The van der Waals surface area contributed by atoms with E-state index in [9.17, 15) is 14.7 Å². The lowest BCUT2D eigenvalue weighted by atomic mass is 10.2. The SMILES string of the molecule is CCOCCCn1c(O)c(CC)c(=O)[nH]c1=O. The lowest BCUT2D eigenvalue weighted by Crippen LogP contribution is -2.32. The van der Waals surface area contributed by atoms with Gasteiger partial charge in [0.15, 0.2) is 0 Å². The summed E-state index contributed by atoms with van der Waals surface area (Å²) < 4.78 is 6.31. The van der Waals surface area contributed by atoms with E-state index in [-0.39, 0.29) is 11.4 Å². The molecule has 1 rings (SSSR count). The Kier molecular flexibility index (Phi) is 4.96. The van der Waals surface area contributed by atoms with Crippen molar-refractivity contribution in [3.63, 3.8) is 0 Å². The number of aromatic amines is 1. The zero-order chi connectivity index (χ0) is 12.8. The number of H-pyrrole nitrogens is 1. The standard InChI is InChI=1S/C11H18N2O4/c1-3-8-9(14)12-11(16)13(10(8)15)6-5-7-17-4-2/h15H,3-7H2,1-2H3,(H,12,14,16). The Balaban J connectivity index is 2.92. The maximum absolute atomic E-state index is 11.5. The lowest BCUT2D eigenvalue weighted by Gasteiger charge is -2.10. The first-order valence-electron chi connectivity index (χ1n) is 5.74. The largest absolute Gasteiger partial charge is 0.494 e. The van der Waals surface area contributed by atoms with E-state index < -0.39 is 11.2 Å². The average molecular weight is 242 g/mol. The smallest absolute Gasteiger partial charge is 0.331 e. The number of rotatable bonds is 6. The Morgan fingerprint density at radius 3 is 2.65 bits per heavy atom. The van der Waals surface area contributed by atoms with Crippen molar-refractivity contribution in [1.29, 1.82) is 0 Å². The number of aromatic nitrogens is 2. The van der Waals surface area contributed by atoms with E-state index in [0.717, 1.165) is 0 Å². The van der Waals surface area contributed by atoms with Crippen LogP contribution in [0.5, 0.6) is 5.88 Å². The molecule has 0 aromatic carbocycles. The molecule has 0 spiro atoms. The highest BCUT2D eigenvalue weighted by Gasteiger charge is 2.11. The maximum Gasteiger partial charge on any atom is 0.331 e. The monoisotopic (exact) mass is 242 g/mol. The first-order chi connectivity index (χ1) is 8.11. The van der Waals surface area contributed by atoms with Crippen molar-refractivity contribution in [2.45, 2.75) is 33.2 Å². The van der Waals surface area contributed by atoms with E-state index in [1.807, 2.05) is 6.92 Å². The van der Waals surface area contributed by atoms with Crippen LogP contribution in [0.15, 0.2) is 9.59 Å². The van der Waals surface area contributed by atoms with Gasteiger partial charge in [0.1, 0.15) is 0 Å². The second-order valence-electron chi connectivity index (χ2n) is 3.62. The van der Waals surface area contributed by atoms with E-state index >= 15 is 0 Å². The number of nitrogens with zero attached hydrogens (tertiary/aromatic N) is 1. The zero-order valence-electron chi connectivity index (χ0n) is 10.2. The number of hydrogen-bond acceptors (Lipinski definition) is 4. The zero-order valence-corrected chi connectivity index (χ0v) is 10.2. The Bertz CT molecular complexity index is 475. The topological polar surface area (TPSA) is 84.3 Å². The molecule has 0 unspecified atom stereocenters. The Morgan fingerprint density at radius 1 is 1.35 bits per heavy atom. The molecule has 0 aliphatic heterocycles. The van der Waals surface area contributed by atoms with Gasteiger partial charge in [-0.15, -0.1) is 0 Å². The summed E-state index contributed by atoms with van der Waals surface area (Å²) in [6.45, 7) is 5.10. The quantitative estimate of drug-likeness (QED) is 0.699. The Labute approximate surface area is 98.9 Å². The van der Waals surface area contributed by atoms with Crippen LogP contribution < -0.4 is 11.2 Å². The third-order valence-electron chi connectivity index (χ3n) is 2.49. The van der Waals surface area contributed by atoms with Crippen LogP contribution >= 0.6 is 0 Å². The van der Waals surface area contributed by atoms with Gasteiger partial charge in [-0.2, -0.15) is 0 Å². The molecule has 1 aromatic heterocycles. The lowest BCUT2D eigenvalue weighted by molar-refractivity contribution is 0.140. The van der Waals surface area contributed by atoms with Gasteiger partial charge in [-0.05, 0) is 19.8 Å². The minimum absolute atomic E-state index is 0.237. The highest BCUT2D eigenvalue weighted by atomic mass is 16.5. The molecule has 0 radical (unpaired) electrons. The van der Waals surface area contributed by atoms with Crippen molar-refractivity contribution >= 4 is 0 Å². The first-order valence-corrected chi connectivity index (χ1v) is 5.74. The van der Waals surface area contributed by atoms with Crippen molar-refractivity contribution in [2.24, 2.45) is 0 Å². The fourth-order valence-corrected chi connectivity index (χ4v) is 1.60. The number of ether oxygens (including phenoxy) is 1. The van der Waals surface area contributed by atoms with E-state index in [0.29, 0.717) is 32.6 Å². The summed E-state index contributed by atoms with van der Waals surface area (Å²) in [6, 6.07) is 0. The molecule has 17 heavy (non-hydrogen) atoms. The molecule has 0 fully saturated rings. The summed E-state index contributed by atoms with van der Waals surface area (Å²) in [5.74, 6) is -0.238. The molecule has 0 aliphatic carbocycles. The first kappa shape index (κ1) is 13.5. The molecular weight excluding hydrogens is 224 g/mol. The molecule has 0 saturated carbocycles. The summed E-state index contributed by atoms with van der Waals surface area (Å²) >= 11 is 0. The van der Waals surface area contributed by atoms with Crippen LogP contribution in [-0.2, 0) is 17.7 Å². The molecule has 0 atom stereocenters. The molecule has 0 bridgehead atoms. The summed E-state index contributed by atoms with van der Waals surface area (Å²) in [6.07, 6.45) is 0.989. The molecule has 0 saturated heterocycles. The van der Waals surface area contributed by atoms with Crippen LogP contribution in [0.3, 0.4) is 0 Å². The second-order valence-corrected chi connectivity index (χ2v) is 3.62. The number of hydrogen-bond donors (Lipinski definition) is 2. The fourth-order valence-electron chi connectivity index (χ4n) is 1.60. The van der Waals surface area contributed by atoms with Crippen molar-refractivity contribution in [3.8, 4) is 5.88 Å². The normalized spacial score (nSPS) is 10.7. The minimum atomic E-state index is -0.582. The maximum atomic E-state index is 11.5. The second kappa shape index (κ2) is 6.24. The average Bonchev–Trinajstić information content (AvgIpc) is 2.28. The van der Waals surface area contributed by atoms with Gasteiger partial charge in [-0.3, -0.25) is 14.3 Å². The van der Waals surface area contributed by atoms with Crippen LogP contribution in [0.25, 0.3) is 0 Å².